The first-order chi connectivity index (χ1) is 22.0. The van der Waals surface area contributed by atoms with Gasteiger partial charge < -0.3 is 26.0 Å². The van der Waals surface area contributed by atoms with Crippen LogP contribution in [0.4, 0.5) is 0 Å². The number of carbonyl (C=O) groups is 4. The van der Waals surface area contributed by atoms with Gasteiger partial charge in [-0.25, -0.2) is 0 Å². The van der Waals surface area contributed by atoms with Crippen LogP contribution in [0, 0.1) is 17.8 Å². The fraction of sp³-hybridized carbons (Fsp3) is 0.730. The van der Waals surface area contributed by atoms with Gasteiger partial charge in [-0.2, -0.15) is 0 Å². The molecule has 4 amide bonds. The molecule has 0 saturated heterocycles. The molecule has 46 heavy (non-hydrogen) atoms. The fourth-order valence-corrected chi connectivity index (χ4v) is 7.13. The van der Waals surface area contributed by atoms with Gasteiger partial charge in [0.25, 0.3) is 0 Å². The van der Waals surface area contributed by atoms with Crippen LogP contribution in [0.15, 0.2) is 24.3 Å². The number of fused-ring (bicyclic) bond motifs is 1. The molecule has 1 fully saturated rings. The Kier molecular flexibility index (Phi) is 15.5. The average Bonchev–Trinajstić information content (AvgIpc) is 3.15. The maximum absolute atomic E-state index is 14.3. The maximum Gasteiger partial charge on any atom is 0.246 e. The van der Waals surface area contributed by atoms with Gasteiger partial charge in [0.15, 0.2) is 0 Å². The zero-order valence-electron chi connectivity index (χ0n) is 29.0. The summed E-state index contributed by atoms with van der Waals surface area (Å²) in [7, 11) is 0. The molecule has 1 heterocycles. The highest BCUT2D eigenvalue weighted by molar-refractivity contribution is 5.92. The molecule has 9 nitrogen and oxygen atoms in total. The maximum atomic E-state index is 14.3. The number of amides is 4. The molecule has 0 aromatic heterocycles. The number of aliphatic hydroxyl groups is 1. The second kappa shape index (κ2) is 19.0. The van der Waals surface area contributed by atoms with Gasteiger partial charge in [-0.15, -0.1) is 0 Å². The summed E-state index contributed by atoms with van der Waals surface area (Å²) < 4.78 is 0. The predicted octanol–water partition coefficient (Wildman–Crippen LogP) is 5.03. The molecule has 0 bridgehead atoms. The smallest absolute Gasteiger partial charge is 0.246 e. The highest BCUT2D eigenvalue weighted by atomic mass is 16.3. The van der Waals surface area contributed by atoms with E-state index in [2.05, 4.69) is 29.8 Å². The number of benzene rings is 1. The number of carbonyl (C=O) groups excluding carboxylic acids is 4. The van der Waals surface area contributed by atoms with Crippen molar-refractivity contribution in [3.63, 3.8) is 0 Å². The number of hydrogen-bond acceptors (Lipinski definition) is 5. The monoisotopic (exact) mass is 640 g/mol. The molecule has 258 valence electrons. The molecule has 3 rings (SSSR count). The molecule has 1 saturated carbocycles. The fourth-order valence-electron chi connectivity index (χ4n) is 7.13. The Labute approximate surface area is 277 Å². The molecular formula is C37H60N4O5. The highest BCUT2D eigenvalue weighted by Crippen LogP contribution is 2.30. The zero-order valence-corrected chi connectivity index (χ0v) is 29.0. The molecule has 0 radical (unpaired) electrons. The van der Waals surface area contributed by atoms with E-state index in [1.807, 2.05) is 38.1 Å². The van der Waals surface area contributed by atoms with E-state index in [1.54, 1.807) is 4.90 Å². The largest absolute Gasteiger partial charge is 0.391 e. The second-order valence-electron chi connectivity index (χ2n) is 14.0. The van der Waals surface area contributed by atoms with E-state index in [1.165, 1.54) is 13.3 Å². The van der Waals surface area contributed by atoms with Crippen LogP contribution >= 0.6 is 0 Å². The molecule has 5 atom stereocenters. The minimum atomic E-state index is -0.908. The number of hydrogen-bond donors (Lipinski definition) is 4. The van der Waals surface area contributed by atoms with E-state index in [0.29, 0.717) is 31.7 Å². The van der Waals surface area contributed by atoms with Crippen molar-refractivity contribution in [2.75, 3.05) is 6.54 Å². The Hall–Kier alpha value is -2.94. The number of nitrogens with zero attached hydrogens (tertiary/aromatic N) is 1. The molecule has 0 spiro atoms. The normalized spacial score (nSPS) is 19.8. The highest BCUT2D eigenvalue weighted by Gasteiger charge is 2.39. The molecule has 2 aliphatic rings. The van der Waals surface area contributed by atoms with Crippen molar-refractivity contribution in [1.82, 2.24) is 20.9 Å². The lowest BCUT2D eigenvalue weighted by Crippen LogP contribution is -2.57. The lowest BCUT2D eigenvalue weighted by atomic mass is 9.81. The van der Waals surface area contributed by atoms with Crippen molar-refractivity contribution in [2.45, 2.75) is 149 Å². The minimum Gasteiger partial charge on any atom is -0.391 e. The molecular weight excluding hydrogens is 580 g/mol. The molecule has 1 aliphatic carbocycles. The molecule has 4 N–H and O–H groups in total. The summed E-state index contributed by atoms with van der Waals surface area (Å²) in [4.78, 5) is 55.3. The number of unbranched alkanes of at least 4 members (excludes halogenated alkanes) is 2. The van der Waals surface area contributed by atoms with E-state index < -0.39 is 24.2 Å². The zero-order chi connectivity index (χ0) is 33.6. The van der Waals surface area contributed by atoms with Crippen LogP contribution in [-0.4, -0.2) is 64.4 Å². The van der Waals surface area contributed by atoms with Crippen molar-refractivity contribution in [2.24, 2.45) is 17.8 Å². The number of nitrogens with one attached hydrogen (secondary N) is 3. The van der Waals surface area contributed by atoms with E-state index in [-0.39, 0.29) is 48.4 Å². The standard InChI is InChI=1S/C37H60N4O5/c1-6-8-19-33(41-24-29-18-14-13-17-28(29)22-32(37(41)46)39-26(5)42)36(45)40-31(21-27-15-11-10-12-16-27)34(43)23-30(25(3)4)35(44)38-20-9-7-2/h13-14,17-18,25,27,30-34,43H,6-12,15-16,19-24H2,1-5H3,(H,38,44)(H,39,42)(H,40,45)/t30-,31+,32+,33+,34+/m1/s1. The second-order valence-corrected chi connectivity index (χ2v) is 14.0. The van der Waals surface area contributed by atoms with Crippen LogP contribution in [0.3, 0.4) is 0 Å². The molecule has 1 aromatic rings. The van der Waals surface area contributed by atoms with Gasteiger partial charge in [-0.3, -0.25) is 19.2 Å². The molecule has 0 unspecified atom stereocenters. The van der Waals surface area contributed by atoms with Crippen LogP contribution in [0.25, 0.3) is 0 Å². The van der Waals surface area contributed by atoms with Crippen LogP contribution in [-0.2, 0) is 32.1 Å². The van der Waals surface area contributed by atoms with E-state index in [9.17, 15) is 24.3 Å². The van der Waals surface area contributed by atoms with Crippen molar-refractivity contribution in [1.29, 1.82) is 0 Å². The van der Waals surface area contributed by atoms with E-state index >= 15 is 0 Å². The lowest BCUT2D eigenvalue weighted by Gasteiger charge is -2.36. The quantitative estimate of drug-likeness (QED) is 0.178. The van der Waals surface area contributed by atoms with Crippen LogP contribution in [0.5, 0.6) is 0 Å². The molecule has 1 aromatic carbocycles. The molecule has 9 heteroatoms. The van der Waals surface area contributed by atoms with Gasteiger partial charge in [0.1, 0.15) is 12.1 Å². The average molecular weight is 641 g/mol. The Morgan fingerprint density at radius 2 is 1.65 bits per heavy atom. The van der Waals surface area contributed by atoms with Crippen molar-refractivity contribution < 1.29 is 24.3 Å². The van der Waals surface area contributed by atoms with Gasteiger partial charge in [0.05, 0.1) is 12.1 Å². The third-order valence-electron chi connectivity index (χ3n) is 9.92. The van der Waals surface area contributed by atoms with Crippen molar-refractivity contribution in [3.8, 4) is 0 Å². The third-order valence-corrected chi connectivity index (χ3v) is 9.92. The van der Waals surface area contributed by atoms with E-state index in [0.717, 1.165) is 62.5 Å². The molecule has 1 aliphatic heterocycles. The van der Waals surface area contributed by atoms with Gasteiger partial charge >= 0.3 is 0 Å². The van der Waals surface area contributed by atoms with Crippen LogP contribution in [0.1, 0.15) is 123 Å². The lowest BCUT2D eigenvalue weighted by molar-refractivity contribution is -0.144. The third kappa shape index (κ3) is 11.1. The van der Waals surface area contributed by atoms with Gasteiger partial charge in [0.2, 0.25) is 23.6 Å². The van der Waals surface area contributed by atoms with Gasteiger partial charge in [-0.1, -0.05) is 103 Å². The Morgan fingerprint density at radius 3 is 2.28 bits per heavy atom. The first-order valence-electron chi connectivity index (χ1n) is 18.0. The summed E-state index contributed by atoms with van der Waals surface area (Å²) in [6.45, 7) is 10.4. The number of aliphatic hydroxyl groups excluding tert-OH is 1. The SMILES string of the molecule is CCCCNC(=O)[C@H](C[C@H](O)[C@H](CC1CCCCC1)NC(=O)[C@H](CCCC)N1Cc2ccccc2C[C@H](NC(C)=O)C1=O)C(C)C. The summed E-state index contributed by atoms with van der Waals surface area (Å²) in [5.41, 5.74) is 1.94. The Balaban J connectivity index is 1.89. The summed E-state index contributed by atoms with van der Waals surface area (Å²) in [5, 5.41) is 20.8. The summed E-state index contributed by atoms with van der Waals surface area (Å²) in [5.74, 6) is -0.859. The Bertz CT molecular complexity index is 1130. The number of rotatable bonds is 17. The predicted molar refractivity (Wildman–Crippen MR) is 182 cm³/mol. The topological polar surface area (TPSA) is 128 Å². The van der Waals surface area contributed by atoms with Gasteiger partial charge in [0, 0.05) is 32.4 Å². The van der Waals surface area contributed by atoms with Crippen LogP contribution in [0.2, 0.25) is 0 Å². The van der Waals surface area contributed by atoms with Crippen molar-refractivity contribution in [3.05, 3.63) is 35.4 Å². The summed E-state index contributed by atoms with van der Waals surface area (Å²) >= 11 is 0. The summed E-state index contributed by atoms with van der Waals surface area (Å²) in [6, 6.07) is 5.76. The van der Waals surface area contributed by atoms with Crippen molar-refractivity contribution >= 4 is 23.6 Å². The van der Waals surface area contributed by atoms with Crippen LogP contribution < -0.4 is 16.0 Å². The minimum absolute atomic E-state index is 0.0279. The Morgan fingerprint density at radius 1 is 0.978 bits per heavy atom. The first kappa shape index (κ1) is 37.5. The summed E-state index contributed by atoms with van der Waals surface area (Å²) in [6.07, 6.45) is 9.93. The van der Waals surface area contributed by atoms with Gasteiger partial charge in [-0.05, 0) is 48.6 Å². The van der Waals surface area contributed by atoms with E-state index in [4.69, 9.17) is 0 Å². The first-order valence-corrected chi connectivity index (χ1v) is 18.0.